The first-order valence-corrected chi connectivity index (χ1v) is 6.99. The average molecular weight is 246 g/mol. The van der Waals surface area contributed by atoms with Gasteiger partial charge in [-0.25, -0.2) is 0 Å². The van der Waals surface area contributed by atoms with Gasteiger partial charge in [-0.3, -0.25) is 4.90 Å². The number of hydrogen-bond acceptors (Lipinski definition) is 2. The lowest BCUT2D eigenvalue weighted by molar-refractivity contribution is 0.0519. The van der Waals surface area contributed by atoms with Crippen LogP contribution >= 0.6 is 0 Å². The second-order valence-corrected chi connectivity index (χ2v) is 6.20. The molecule has 1 aromatic rings. The van der Waals surface area contributed by atoms with Crippen molar-refractivity contribution in [2.75, 3.05) is 13.6 Å². The average Bonchev–Trinajstić information content (AvgIpc) is 2.34. The topological polar surface area (TPSA) is 15.3 Å². The Morgan fingerprint density at radius 2 is 1.94 bits per heavy atom. The van der Waals surface area contributed by atoms with Gasteiger partial charge in [0.1, 0.15) is 0 Å². The summed E-state index contributed by atoms with van der Waals surface area (Å²) in [6.07, 6.45) is 2.55. The van der Waals surface area contributed by atoms with Gasteiger partial charge in [-0.1, -0.05) is 29.8 Å². The van der Waals surface area contributed by atoms with Crippen molar-refractivity contribution in [3.63, 3.8) is 0 Å². The summed E-state index contributed by atoms with van der Waals surface area (Å²) in [4.78, 5) is 2.61. The van der Waals surface area contributed by atoms with Crippen molar-refractivity contribution < 1.29 is 0 Å². The number of likely N-dealkylation sites (tertiary alicyclic amines) is 1. The summed E-state index contributed by atoms with van der Waals surface area (Å²) in [7, 11) is 2.08. The molecule has 0 bridgehead atoms. The monoisotopic (exact) mass is 246 g/mol. The number of piperidine rings is 1. The minimum atomic E-state index is 0.318. The molecule has 1 saturated heterocycles. The van der Waals surface area contributed by atoms with Gasteiger partial charge >= 0.3 is 0 Å². The van der Waals surface area contributed by atoms with Gasteiger partial charge in [-0.2, -0.15) is 0 Å². The Bertz CT molecular complexity index is 381. The zero-order valence-electron chi connectivity index (χ0n) is 12.2. The molecule has 1 aliphatic heterocycles. The molecule has 0 aromatic heterocycles. The first-order valence-electron chi connectivity index (χ1n) is 6.99. The van der Waals surface area contributed by atoms with E-state index in [1.807, 2.05) is 0 Å². The SMILES string of the molecule is CNC1CCC(C)(C)N(Cc2ccc(C)cc2)C1. The third-order valence-electron chi connectivity index (χ3n) is 4.30. The highest BCUT2D eigenvalue weighted by atomic mass is 15.2. The quantitative estimate of drug-likeness (QED) is 0.882. The molecule has 0 aliphatic carbocycles. The molecule has 1 atom stereocenters. The fourth-order valence-corrected chi connectivity index (χ4v) is 2.72. The molecule has 18 heavy (non-hydrogen) atoms. The molecule has 1 unspecified atom stereocenters. The van der Waals surface area contributed by atoms with Gasteiger partial charge in [-0.05, 0) is 46.2 Å². The van der Waals surface area contributed by atoms with Gasteiger partial charge in [0, 0.05) is 24.7 Å². The molecule has 2 nitrogen and oxygen atoms in total. The van der Waals surface area contributed by atoms with Crippen LogP contribution in [0.15, 0.2) is 24.3 Å². The predicted molar refractivity (Wildman–Crippen MR) is 77.7 cm³/mol. The molecule has 1 fully saturated rings. The molecular formula is C16H26N2. The Balaban J connectivity index is 2.07. The summed E-state index contributed by atoms with van der Waals surface area (Å²) in [6.45, 7) is 9.09. The van der Waals surface area contributed by atoms with E-state index < -0.39 is 0 Å². The lowest BCUT2D eigenvalue weighted by Gasteiger charge is -2.45. The van der Waals surface area contributed by atoms with Crippen LogP contribution in [-0.2, 0) is 6.54 Å². The molecule has 0 amide bonds. The minimum absolute atomic E-state index is 0.318. The van der Waals surface area contributed by atoms with E-state index in [1.165, 1.54) is 24.0 Å². The highest BCUT2D eigenvalue weighted by molar-refractivity contribution is 5.21. The molecule has 2 rings (SSSR count). The molecule has 0 saturated carbocycles. The fourth-order valence-electron chi connectivity index (χ4n) is 2.72. The van der Waals surface area contributed by atoms with E-state index in [4.69, 9.17) is 0 Å². The molecule has 0 radical (unpaired) electrons. The van der Waals surface area contributed by atoms with Gasteiger partial charge in [0.25, 0.3) is 0 Å². The van der Waals surface area contributed by atoms with Crippen LogP contribution in [0.4, 0.5) is 0 Å². The number of nitrogens with zero attached hydrogens (tertiary/aromatic N) is 1. The van der Waals surface area contributed by atoms with E-state index in [2.05, 4.69) is 62.3 Å². The Morgan fingerprint density at radius 3 is 2.56 bits per heavy atom. The summed E-state index contributed by atoms with van der Waals surface area (Å²) in [5.41, 5.74) is 3.08. The molecular weight excluding hydrogens is 220 g/mol. The van der Waals surface area contributed by atoms with Crippen LogP contribution in [0.2, 0.25) is 0 Å². The summed E-state index contributed by atoms with van der Waals surface area (Å²) in [5, 5.41) is 3.42. The van der Waals surface area contributed by atoms with Gasteiger partial charge in [-0.15, -0.1) is 0 Å². The van der Waals surface area contributed by atoms with Crippen molar-refractivity contribution in [2.45, 2.75) is 51.7 Å². The van der Waals surface area contributed by atoms with E-state index in [0.29, 0.717) is 11.6 Å². The predicted octanol–water partition coefficient (Wildman–Crippen LogP) is 2.96. The lowest BCUT2D eigenvalue weighted by atomic mass is 9.87. The second kappa shape index (κ2) is 5.41. The van der Waals surface area contributed by atoms with Crippen LogP contribution in [0.25, 0.3) is 0 Å². The Kier molecular flexibility index (Phi) is 4.08. The third-order valence-corrected chi connectivity index (χ3v) is 4.30. The van der Waals surface area contributed by atoms with Crippen molar-refractivity contribution >= 4 is 0 Å². The Hall–Kier alpha value is -0.860. The first kappa shape index (κ1) is 13.6. The normalized spacial score (nSPS) is 24.1. The maximum Gasteiger partial charge on any atom is 0.0239 e. The van der Waals surface area contributed by atoms with Crippen molar-refractivity contribution in [3.05, 3.63) is 35.4 Å². The van der Waals surface area contributed by atoms with Crippen LogP contribution in [-0.4, -0.2) is 30.1 Å². The van der Waals surface area contributed by atoms with E-state index in [0.717, 1.165) is 13.1 Å². The number of aryl methyl sites for hydroxylation is 1. The van der Waals surface area contributed by atoms with Crippen LogP contribution in [0.5, 0.6) is 0 Å². The summed E-state index contributed by atoms with van der Waals surface area (Å²) in [6, 6.07) is 9.58. The highest BCUT2D eigenvalue weighted by Gasteiger charge is 2.33. The number of likely N-dealkylation sites (N-methyl/N-ethyl adjacent to an activating group) is 1. The number of rotatable bonds is 3. The van der Waals surface area contributed by atoms with Crippen LogP contribution in [0.3, 0.4) is 0 Å². The summed E-state index contributed by atoms with van der Waals surface area (Å²) >= 11 is 0. The van der Waals surface area contributed by atoms with Crippen molar-refractivity contribution in [3.8, 4) is 0 Å². The van der Waals surface area contributed by atoms with Gasteiger partial charge in [0.05, 0.1) is 0 Å². The number of hydrogen-bond donors (Lipinski definition) is 1. The van der Waals surface area contributed by atoms with Crippen LogP contribution in [0.1, 0.15) is 37.8 Å². The standard InChI is InChI=1S/C16H26N2/c1-13-5-7-14(8-6-13)11-18-12-15(17-4)9-10-16(18,2)3/h5-8,15,17H,9-12H2,1-4H3. The van der Waals surface area contributed by atoms with Crippen LogP contribution in [0, 0.1) is 6.92 Å². The van der Waals surface area contributed by atoms with Crippen LogP contribution < -0.4 is 5.32 Å². The van der Waals surface area contributed by atoms with E-state index in [1.54, 1.807) is 0 Å². The highest BCUT2D eigenvalue weighted by Crippen LogP contribution is 2.29. The second-order valence-electron chi connectivity index (χ2n) is 6.20. The molecule has 2 heteroatoms. The van der Waals surface area contributed by atoms with Crippen molar-refractivity contribution in [1.29, 1.82) is 0 Å². The van der Waals surface area contributed by atoms with E-state index in [9.17, 15) is 0 Å². The minimum Gasteiger partial charge on any atom is -0.316 e. The molecule has 1 aliphatic rings. The van der Waals surface area contributed by atoms with E-state index in [-0.39, 0.29) is 0 Å². The zero-order valence-corrected chi connectivity index (χ0v) is 12.2. The maximum absolute atomic E-state index is 3.42. The molecule has 1 N–H and O–H groups in total. The Morgan fingerprint density at radius 1 is 1.28 bits per heavy atom. The molecule has 0 spiro atoms. The van der Waals surface area contributed by atoms with Gasteiger partial charge in [0.2, 0.25) is 0 Å². The van der Waals surface area contributed by atoms with Crippen molar-refractivity contribution in [2.24, 2.45) is 0 Å². The smallest absolute Gasteiger partial charge is 0.0239 e. The zero-order chi connectivity index (χ0) is 13.2. The number of benzene rings is 1. The summed E-state index contributed by atoms with van der Waals surface area (Å²) < 4.78 is 0. The first-order chi connectivity index (χ1) is 8.51. The largest absolute Gasteiger partial charge is 0.316 e. The fraction of sp³-hybridized carbons (Fsp3) is 0.625. The van der Waals surface area contributed by atoms with Gasteiger partial charge in [0.15, 0.2) is 0 Å². The number of nitrogens with one attached hydrogen (secondary N) is 1. The van der Waals surface area contributed by atoms with Crippen molar-refractivity contribution in [1.82, 2.24) is 10.2 Å². The van der Waals surface area contributed by atoms with Gasteiger partial charge < -0.3 is 5.32 Å². The third kappa shape index (κ3) is 3.12. The van der Waals surface area contributed by atoms with E-state index >= 15 is 0 Å². The molecule has 1 aromatic carbocycles. The summed E-state index contributed by atoms with van der Waals surface area (Å²) in [5.74, 6) is 0. The Labute approximate surface area is 111 Å². The molecule has 100 valence electrons. The molecule has 1 heterocycles. The lowest BCUT2D eigenvalue weighted by Crippen LogP contribution is -2.54. The maximum atomic E-state index is 3.42.